The number of phenolic OH excluding ortho intramolecular Hbond substituents is 1. The van der Waals surface area contributed by atoms with Crippen molar-refractivity contribution in [3.05, 3.63) is 90.9 Å². The second kappa shape index (κ2) is 9.16. The van der Waals surface area contributed by atoms with Crippen molar-refractivity contribution in [3.63, 3.8) is 0 Å². The molecule has 0 fully saturated rings. The fourth-order valence-electron chi connectivity index (χ4n) is 2.97. The van der Waals surface area contributed by atoms with Gasteiger partial charge >= 0.3 is 0 Å². The fourth-order valence-corrected chi connectivity index (χ4v) is 3.86. The Morgan fingerprint density at radius 2 is 1.67 bits per heavy atom. The molecular weight excluding hydrogens is 466 g/mol. The average Bonchev–Trinajstić information content (AvgIpc) is 2.70. The van der Waals surface area contributed by atoms with E-state index in [1.54, 1.807) is 43.3 Å². The number of nitrogens with zero attached hydrogens (tertiary/aromatic N) is 1. The Bertz CT molecular complexity index is 1170. The van der Waals surface area contributed by atoms with Crippen LogP contribution in [-0.4, -0.2) is 11.0 Å². The third-order valence-electron chi connectivity index (χ3n) is 4.51. The number of aryl methyl sites for hydroxylation is 1. The number of nitriles is 1. The maximum atomic E-state index is 12.6. The molecule has 0 aromatic heterocycles. The zero-order chi connectivity index (χ0) is 22.0. The Kier molecular flexibility index (Phi) is 6.80. The summed E-state index contributed by atoms with van der Waals surface area (Å²) in [4.78, 5) is 12.6. The summed E-state index contributed by atoms with van der Waals surface area (Å²) in [6.45, 7) is 1.77. The van der Waals surface area contributed by atoms with E-state index in [0.29, 0.717) is 26.9 Å². The second-order valence-electron chi connectivity index (χ2n) is 6.54. The highest BCUT2D eigenvalue weighted by Gasteiger charge is 2.20. The van der Waals surface area contributed by atoms with Gasteiger partial charge in [-0.05, 0) is 53.9 Å². The van der Waals surface area contributed by atoms with E-state index in [9.17, 15) is 15.2 Å². The number of benzene rings is 3. The molecule has 152 valence electrons. The molecule has 0 saturated heterocycles. The van der Waals surface area contributed by atoms with Crippen molar-refractivity contribution in [2.75, 3.05) is 5.32 Å². The minimum absolute atomic E-state index is 0.0300. The normalized spacial score (nSPS) is 11.6. The van der Waals surface area contributed by atoms with Crippen LogP contribution >= 0.6 is 46.4 Å². The number of rotatable bonds is 4. The van der Waals surface area contributed by atoms with Gasteiger partial charge in [0, 0.05) is 20.8 Å². The van der Waals surface area contributed by atoms with Crippen molar-refractivity contribution in [1.29, 1.82) is 5.26 Å². The Balaban J connectivity index is 1.94. The maximum Gasteiger partial charge on any atom is 0.259 e. The molecule has 0 bridgehead atoms. The van der Waals surface area contributed by atoms with Gasteiger partial charge in [0.2, 0.25) is 0 Å². The van der Waals surface area contributed by atoms with Gasteiger partial charge in [-0.2, -0.15) is 5.26 Å². The Labute approximate surface area is 193 Å². The molecular formula is C22H14Cl4N2O2. The minimum atomic E-state index is -0.603. The molecule has 4 nitrogen and oxygen atoms in total. The zero-order valence-electron chi connectivity index (χ0n) is 15.5. The van der Waals surface area contributed by atoms with Crippen LogP contribution in [0.1, 0.15) is 33.0 Å². The minimum Gasteiger partial charge on any atom is -0.506 e. The highest BCUT2D eigenvalue weighted by molar-refractivity contribution is 6.36. The second-order valence-corrected chi connectivity index (χ2v) is 8.23. The molecule has 0 spiro atoms. The lowest BCUT2D eigenvalue weighted by Gasteiger charge is -2.16. The first-order chi connectivity index (χ1) is 14.2. The summed E-state index contributed by atoms with van der Waals surface area (Å²) >= 11 is 24.2. The van der Waals surface area contributed by atoms with E-state index in [-0.39, 0.29) is 21.4 Å². The van der Waals surface area contributed by atoms with Crippen molar-refractivity contribution in [2.24, 2.45) is 0 Å². The molecule has 0 aliphatic heterocycles. The number of nitrogens with one attached hydrogen (secondary N) is 1. The summed E-state index contributed by atoms with van der Waals surface area (Å²) in [5.74, 6) is -1.57. The number of amides is 1. The van der Waals surface area contributed by atoms with Gasteiger partial charge in [0.15, 0.2) is 0 Å². The van der Waals surface area contributed by atoms with Gasteiger partial charge in [0.1, 0.15) is 5.75 Å². The largest absolute Gasteiger partial charge is 0.506 e. The lowest BCUT2D eigenvalue weighted by molar-refractivity contribution is 0.102. The number of anilines is 1. The molecule has 8 heteroatoms. The van der Waals surface area contributed by atoms with Gasteiger partial charge in [0.05, 0.1) is 22.6 Å². The van der Waals surface area contributed by atoms with Crippen LogP contribution in [0.2, 0.25) is 20.1 Å². The molecule has 1 unspecified atom stereocenters. The van der Waals surface area contributed by atoms with Crippen molar-refractivity contribution in [3.8, 4) is 11.8 Å². The van der Waals surface area contributed by atoms with E-state index < -0.39 is 11.8 Å². The topological polar surface area (TPSA) is 73.1 Å². The van der Waals surface area contributed by atoms with E-state index in [4.69, 9.17) is 46.4 Å². The van der Waals surface area contributed by atoms with Gasteiger partial charge < -0.3 is 10.4 Å². The highest BCUT2D eigenvalue weighted by atomic mass is 35.5. The van der Waals surface area contributed by atoms with Gasteiger partial charge in [-0.3, -0.25) is 4.79 Å². The van der Waals surface area contributed by atoms with Crippen LogP contribution in [0, 0.1) is 18.3 Å². The molecule has 0 aliphatic rings. The number of phenols is 1. The zero-order valence-corrected chi connectivity index (χ0v) is 18.5. The van der Waals surface area contributed by atoms with Gasteiger partial charge in [-0.1, -0.05) is 64.6 Å². The molecule has 3 aromatic rings. The van der Waals surface area contributed by atoms with Crippen LogP contribution in [0.5, 0.6) is 5.75 Å². The summed E-state index contributed by atoms with van der Waals surface area (Å²) in [6.07, 6.45) is 0. The third-order valence-corrected chi connectivity index (χ3v) is 5.59. The Morgan fingerprint density at radius 1 is 1.00 bits per heavy atom. The van der Waals surface area contributed by atoms with Gasteiger partial charge in [-0.15, -0.1) is 0 Å². The van der Waals surface area contributed by atoms with Crippen LogP contribution in [-0.2, 0) is 0 Å². The first kappa shape index (κ1) is 22.3. The first-order valence-electron chi connectivity index (χ1n) is 8.65. The smallest absolute Gasteiger partial charge is 0.259 e. The van der Waals surface area contributed by atoms with E-state index in [1.807, 2.05) is 0 Å². The van der Waals surface area contributed by atoms with Crippen LogP contribution < -0.4 is 5.32 Å². The number of hydrogen-bond donors (Lipinski definition) is 2. The molecule has 2 N–H and O–H groups in total. The summed E-state index contributed by atoms with van der Waals surface area (Å²) in [6, 6.07) is 15.2. The summed E-state index contributed by atoms with van der Waals surface area (Å²) in [7, 11) is 0. The molecule has 30 heavy (non-hydrogen) atoms. The Morgan fingerprint density at radius 3 is 2.30 bits per heavy atom. The lowest BCUT2D eigenvalue weighted by Crippen LogP contribution is -2.14. The molecule has 0 radical (unpaired) electrons. The fraction of sp³-hybridized carbons (Fsp3) is 0.0909. The van der Waals surface area contributed by atoms with Gasteiger partial charge in [0.25, 0.3) is 5.91 Å². The van der Waals surface area contributed by atoms with Crippen molar-refractivity contribution in [1.82, 2.24) is 0 Å². The maximum absolute atomic E-state index is 12.6. The molecule has 0 saturated carbocycles. The van der Waals surface area contributed by atoms with Crippen molar-refractivity contribution >= 4 is 58.0 Å². The Hall–Kier alpha value is -2.42. The molecule has 0 heterocycles. The van der Waals surface area contributed by atoms with Gasteiger partial charge in [-0.25, -0.2) is 0 Å². The van der Waals surface area contributed by atoms with E-state index in [0.717, 1.165) is 5.56 Å². The van der Waals surface area contributed by atoms with Crippen LogP contribution in [0.25, 0.3) is 0 Å². The monoisotopic (exact) mass is 478 g/mol. The number of halogens is 4. The average molecular weight is 480 g/mol. The standard InChI is InChI=1S/C22H14Cl4N2O2/c1-11-6-15(17(10-27)12-2-4-13(23)5-3-12)18(25)9-20(11)28-22(30)16-7-14(24)8-19(26)21(16)29/h2-9,17,29H,1H3,(H,28,30). The predicted octanol–water partition coefficient (Wildman–Crippen LogP) is 7.22. The highest BCUT2D eigenvalue weighted by Crippen LogP contribution is 2.35. The van der Waals surface area contributed by atoms with Crippen LogP contribution in [0.4, 0.5) is 5.69 Å². The molecule has 3 aromatic carbocycles. The van der Waals surface area contributed by atoms with E-state index in [1.165, 1.54) is 12.1 Å². The van der Waals surface area contributed by atoms with Crippen LogP contribution in [0.3, 0.4) is 0 Å². The van der Waals surface area contributed by atoms with E-state index >= 15 is 0 Å². The third kappa shape index (κ3) is 4.66. The quantitative estimate of drug-likeness (QED) is 0.414. The number of aromatic hydroxyl groups is 1. The van der Waals surface area contributed by atoms with Crippen molar-refractivity contribution < 1.29 is 9.90 Å². The number of hydrogen-bond acceptors (Lipinski definition) is 3. The summed E-state index contributed by atoms with van der Waals surface area (Å²) < 4.78 is 0. The number of carbonyl (C=O) groups excluding carboxylic acids is 1. The van der Waals surface area contributed by atoms with E-state index in [2.05, 4.69) is 11.4 Å². The lowest BCUT2D eigenvalue weighted by atomic mass is 9.91. The summed E-state index contributed by atoms with van der Waals surface area (Å²) in [5, 5.41) is 23.5. The SMILES string of the molecule is Cc1cc(C(C#N)c2ccc(Cl)cc2)c(Cl)cc1NC(=O)c1cc(Cl)cc(Cl)c1O. The molecule has 1 atom stereocenters. The first-order valence-corrected chi connectivity index (χ1v) is 10.2. The molecule has 3 rings (SSSR count). The molecule has 1 amide bonds. The van der Waals surface area contributed by atoms with Crippen LogP contribution in [0.15, 0.2) is 48.5 Å². The summed E-state index contributed by atoms with van der Waals surface area (Å²) in [5.41, 5.74) is 2.40. The number of carbonyl (C=O) groups is 1. The predicted molar refractivity (Wildman–Crippen MR) is 121 cm³/mol. The molecule has 0 aliphatic carbocycles. The van der Waals surface area contributed by atoms with Crippen molar-refractivity contribution in [2.45, 2.75) is 12.8 Å².